The molecule has 2 heterocycles. The maximum atomic E-state index is 12.4. The molecular weight excluding hydrogens is 360 g/mol. The highest BCUT2D eigenvalue weighted by Gasteiger charge is 2.27. The minimum atomic E-state index is -0.603. The number of esters is 1. The van der Waals surface area contributed by atoms with E-state index < -0.39 is 11.6 Å². The molecule has 1 amide bonds. The summed E-state index contributed by atoms with van der Waals surface area (Å²) in [7, 11) is 1.28. The summed E-state index contributed by atoms with van der Waals surface area (Å²) in [6.07, 6.45) is 2.32. The van der Waals surface area contributed by atoms with Crippen LogP contribution in [0.4, 0.5) is 10.5 Å². The zero-order chi connectivity index (χ0) is 19.3. The molecule has 1 saturated heterocycles. The minimum Gasteiger partial charge on any atom is -0.464 e. The van der Waals surface area contributed by atoms with E-state index in [1.807, 2.05) is 20.8 Å². The Balaban J connectivity index is 2.14. The van der Waals surface area contributed by atoms with Gasteiger partial charge in [-0.15, -0.1) is 10.2 Å². The standard InChI is InChI=1S/C17H25ClN4O4/c1-17(2,3)26-16(24)22-8-6-5-7-11(10-22)19-12-9-13(18)20-21-14(12)15(23)25-4/h9,11H,5-8,10H2,1-4H3,(H,19,20). The smallest absolute Gasteiger partial charge is 0.410 e. The summed E-state index contributed by atoms with van der Waals surface area (Å²) < 4.78 is 10.2. The lowest BCUT2D eigenvalue weighted by Crippen LogP contribution is -2.42. The molecular formula is C17H25ClN4O4. The number of anilines is 1. The zero-order valence-electron chi connectivity index (χ0n) is 15.5. The molecule has 0 spiro atoms. The van der Waals surface area contributed by atoms with Crippen LogP contribution in [-0.4, -0.2) is 59.0 Å². The van der Waals surface area contributed by atoms with Crippen molar-refractivity contribution >= 4 is 29.4 Å². The van der Waals surface area contributed by atoms with E-state index >= 15 is 0 Å². The van der Waals surface area contributed by atoms with E-state index in [9.17, 15) is 9.59 Å². The Hall–Kier alpha value is -2.09. The first-order valence-electron chi connectivity index (χ1n) is 8.55. The SMILES string of the molecule is COC(=O)c1nnc(Cl)cc1NC1CCCCN(C(=O)OC(C)(C)C)C1. The van der Waals surface area contributed by atoms with Gasteiger partial charge in [-0.2, -0.15) is 0 Å². The van der Waals surface area contributed by atoms with Crippen molar-refractivity contribution in [3.8, 4) is 0 Å². The third kappa shape index (κ3) is 5.72. The number of rotatable bonds is 3. The summed E-state index contributed by atoms with van der Waals surface area (Å²) >= 11 is 5.92. The van der Waals surface area contributed by atoms with Crippen molar-refractivity contribution < 1.29 is 19.1 Å². The van der Waals surface area contributed by atoms with Crippen LogP contribution in [0.1, 0.15) is 50.5 Å². The van der Waals surface area contributed by atoms with Gasteiger partial charge in [0.2, 0.25) is 0 Å². The number of hydrogen-bond donors (Lipinski definition) is 1. The molecule has 0 aliphatic carbocycles. The summed E-state index contributed by atoms with van der Waals surface area (Å²) in [4.78, 5) is 26.0. The fourth-order valence-electron chi connectivity index (χ4n) is 2.70. The van der Waals surface area contributed by atoms with Gasteiger partial charge in [-0.25, -0.2) is 9.59 Å². The van der Waals surface area contributed by atoms with E-state index in [4.69, 9.17) is 21.1 Å². The average Bonchev–Trinajstić information content (AvgIpc) is 2.78. The molecule has 0 aromatic carbocycles. The normalized spacial score (nSPS) is 18.0. The number of carbonyl (C=O) groups excluding carboxylic acids is 2. The predicted octanol–water partition coefficient (Wildman–Crippen LogP) is 3.12. The highest BCUT2D eigenvalue weighted by Crippen LogP contribution is 2.22. The molecule has 1 fully saturated rings. The first kappa shape index (κ1) is 20.2. The van der Waals surface area contributed by atoms with Crippen molar-refractivity contribution in [1.82, 2.24) is 15.1 Å². The highest BCUT2D eigenvalue weighted by atomic mass is 35.5. The Morgan fingerprint density at radius 2 is 2.04 bits per heavy atom. The number of ether oxygens (including phenoxy) is 2. The van der Waals surface area contributed by atoms with Gasteiger partial charge in [0, 0.05) is 25.2 Å². The van der Waals surface area contributed by atoms with Crippen LogP contribution in [0.2, 0.25) is 5.15 Å². The van der Waals surface area contributed by atoms with Crippen molar-refractivity contribution in [2.24, 2.45) is 0 Å². The van der Waals surface area contributed by atoms with Crippen LogP contribution in [-0.2, 0) is 9.47 Å². The number of halogens is 1. The van der Waals surface area contributed by atoms with Crippen LogP contribution < -0.4 is 5.32 Å². The van der Waals surface area contributed by atoms with Crippen LogP contribution in [0.5, 0.6) is 0 Å². The number of aromatic nitrogens is 2. The van der Waals surface area contributed by atoms with Crippen molar-refractivity contribution in [3.05, 3.63) is 16.9 Å². The van der Waals surface area contributed by atoms with E-state index in [2.05, 4.69) is 15.5 Å². The van der Waals surface area contributed by atoms with Gasteiger partial charge in [-0.05, 0) is 40.0 Å². The maximum absolute atomic E-state index is 12.4. The maximum Gasteiger partial charge on any atom is 0.410 e. The number of amides is 1. The Kier molecular flexibility index (Phi) is 6.63. The molecule has 1 atom stereocenters. The van der Waals surface area contributed by atoms with E-state index in [-0.39, 0.29) is 23.0 Å². The van der Waals surface area contributed by atoms with Crippen LogP contribution in [0.15, 0.2) is 6.07 Å². The molecule has 2 rings (SSSR count). The summed E-state index contributed by atoms with van der Waals surface area (Å²) in [6.45, 7) is 6.60. The molecule has 0 saturated carbocycles. The second kappa shape index (κ2) is 8.53. The monoisotopic (exact) mass is 384 g/mol. The van der Waals surface area contributed by atoms with Gasteiger partial charge in [-0.3, -0.25) is 0 Å². The third-order valence-electron chi connectivity index (χ3n) is 3.83. The average molecular weight is 385 g/mol. The van der Waals surface area contributed by atoms with E-state index in [1.54, 1.807) is 4.90 Å². The summed E-state index contributed by atoms with van der Waals surface area (Å²) in [5, 5.41) is 10.9. The van der Waals surface area contributed by atoms with Crippen LogP contribution >= 0.6 is 11.6 Å². The molecule has 1 N–H and O–H groups in total. The van der Waals surface area contributed by atoms with Gasteiger partial charge in [0.25, 0.3) is 0 Å². The summed E-state index contributed by atoms with van der Waals surface area (Å²) in [5.74, 6) is -0.603. The number of methoxy groups -OCH3 is 1. The van der Waals surface area contributed by atoms with Crippen molar-refractivity contribution in [2.45, 2.75) is 51.7 Å². The third-order valence-corrected chi connectivity index (χ3v) is 4.01. The van der Waals surface area contributed by atoms with E-state index in [1.165, 1.54) is 13.2 Å². The lowest BCUT2D eigenvalue weighted by Gasteiger charge is -2.29. The Labute approximate surface area is 158 Å². The molecule has 1 aromatic heterocycles. The molecule has 1 aliphatic heterocycles. The molecule has 8 nitrogen and oxygen atoms in total. The second-order valence-electron chi connectivity index (χ2n) is 7.18. The number of carbonyl (C=O) groups is 2. The van der Waals surface area contributed by atoms with Gasteiger partial charge in [0.15, 0.2) is 10.8 Å². The Morgan fingerprint density at radius 1 is 1.31 bits per heavy atom. The van der Waals surface area contributed by atoms with Crippen LogP contribution in [0, 0.1) is 0 Å². The first-order valence-corrected chi connectivity index (χ1v) is 8.93. The van der Waals surface area contributed by atoms with Gasteiger partial charge in [0.1, 0.15) is 5.60 Å². The molecule has 9 heteroatoms. The van der Waals surface area contributed by atoms with E-state index in [0.29, 0.717) is 18.8 Å². The largest absolute Gasteiger partial charge is 0.464 e. The Bertz CT molecular complexity index is 663. The van der Waals surface area contributed by atoms with Crippen LogP contribution in [0.3, 0.4) is 0 Å². The van der Waals surface area contributed by atoms with Crippen molar-refractivity contribution in [3.63, 3.8) is 0 Å². The topological polar surface area (TPSA) is 93.6 Å². The van der Waals surface area contributed by atoms with Gasteiger partial charge < -0.3 is 19.7 Å². The van der Waals surface area contributed by atoms with Gasteiger partial charge in [0.05, 0.1) is 12.8 Å². The fourth-order valence-corrected chi connectivity index (χ4v) is 2.84. The Morgan fingerprint density at radius 3 is 2.69 bits per heavy atom. The first-order chi connectivity index (χ1) is 12.2. The predicted molar refractivity (Wildman–Crippen MR) is 97.5 cm³/mol. The quantitative estimate of drug-likeness (QED) is 0.800. The second-order valence-corrected chi connectivity index (χ2v) is 7.57. The molecule has 1 aromatic rings. The van der Waals surface area contributed by atoms with Crippen molar-refractivity contribution in [1.29, 1.82) is 0 Å². The number of hydrogen-bond acceptors (Lipinski definition) is 7. The zero-order valence-corrected chi connectivity index (χ0v) is 16.3. The summed E-state index contributed by atoms with van der Waals surface area (Å²) in [5.41, 5.74) is -0.0507. The lowest BCUT2D eigenvalue weighted by molar-refractivity contribution is 0.0252. The highest BCUT2D eigenvalue weighted by molar-refractivity contribution is 6.29. The van der Waals surface area contributed by atoms with Crippen molar-refractivity contribution in [2.75, 3.05) is 25.5 Å². The van der Waals surface area contributed by atoms with E-state index in [0.717, 1.165) is 19.3 Å². The lowest BCUT2D eigenvalue weighted by atomic mass is 10.1. The number of likely N-dealkylation sites (tertiary alicyclic amines) is 1. The fraction of sp³-hybridized carbons (Fsp3) is 0.647. The van der Waals surface area contributed by atoms with Crippen LogP contribution in [0.25, 0.3) is 0 Å². The van der Waals surface area contributed by atoms with Gasteiger partial charge >= 0.3 is 12.1 Å². The molecule has 26 heavy (non-hydrogen) atoms. The molecule has 0 bridgehead atoms. The molecule has 144 valence electrons. The number of nitrogens with one attached hydrogen (secondary N) is 1. The number of nitrogens with zero attached hydrogens (tertiary/aromatic N) is 3. The summed E-state index contributed by atoms with van der Waals surface area (Å²) in [6, 6.07) is 1.46. The molecule has 0 radical (unpaired) electrons. The molecule has 1 aliphatic rings. The van der Waals surface area contributed by atoms with Gasteiger partial charge in [-0.1, -0.05) is 11.6 Å². The minimum absolute atomic E-state index is 0.0602. The molecule has 1 unspecified atom stereocenters.